The maximum absolute atomic E-state index is 13.1. The molecule has 0 saturated carbocycles. The molecule has 25 heavy (non-hydrogen) atoms. The molecule has 0 saturated heterocycles. The Morgan fingerprint density at radius 2 is 1.80 bits per heavy atom. The lowest BCUT2D eigenvalue weighted by Crippen LogP contribution is -2.27. The van der Waals surface area contributed by atoms with Gasteiger partial charge in [0.05, 0.1) is 14.1 Å². The Kier molecular flexibility index (Phi) is 4.51. The van der Waals surface area contributed by atoms with Crippen molar-refractivity contribution in [2.45, 2.75) is 52.2 Å². The topological polar surface area (TPSA) is 46.5 Å². The average Bonchev–Trinajstić information content (AvgIpc) is 3.07. The Hall–Kier alpha value is -1.35. The van der Waals surface area contributed by atoms with E-state index in [1.165, 1.54) is 11.1 Å². The molecule has 3 rings (SSSR count). The third-order valence-corrected chi connectivity index (χ3v) is 10.0. The number of hydrogen-bond acceptors (Lipinski definition) is 2. The molecule has 0 aromatic heterocycles. The van der Waals surface area contributed by atoms with E-state index in [-0.39, 0.29) is 5.04 Å². The van der Waals surface area contributed by atoms with Gasteiger partial charge in [-0.2, -0.15) is 0 Å². The molecule has 0 spiro atoms. The van der Waals surface area contributed by atoms with Crippen LogP contribution in [-0.4, -0.2) is 13.7 Å². The summed E-state index contributed by atoms with van der Waals surface area (Å²) in [4.78, 5) is 10.8. The van der Waals surface area contributed by atoms with E-state index in [1.54, 1.807) is 0 Å². The van der Waals surface area contributed by atoms with Crippen molar-refractivity contribution >= 4 is 22.5 Å². The highest BCUT2D eigenvalue weighted by atomic mass is 31.2. The van der Waals surface area contributed by atoms with E-state index in [4.69, 9.17) is 4.52 Å². The van der Waals surface area contributed by atoms with Crippen LogP contribution >= 0.6 is 7.60 Å². The molecule has 2 unspecified atom stereocenters. The van der Waals surface area contributed by atoms with Crippen molar-refractivity contribution in [1.29, 1.82) is 0 Å². The maximum Gasteiger partial charge on any atom is 0.404 e. The second kappa shape index (κ2) is 6.12. The molecule has 2 aliphatic rings. The SMILES string of the molecule is CC1=C(C)C(C)([Si](C)C)C(OP(=O)(O)C2=Cc3ccccc3C2)=C1C. The zero-order valence-electron chi connectivity index (χ0n) is 15.8. The minimum atomic E-state index is -3.89. The van der Waals surface area contributed by atoms with Crippen LogP contribution in [-0.2, 0) is 15.5 Å². The van der Waals surface area contributed by atoms with E-state index in [0.717, 1.165) is 16.7 Å². The summed E-state index contributed by atoms with van der Waals surface area (Å²) in [5.74, 6) is 0.698. The largest absolute Gasteiger partial charge is 0.425 e. The molecular formula is C20H26O3PSi. The summed E-state index contributed by atoms with van der Waals surface area (Å²) in [6, 6.07) is 7.88. The molecule has 2 atom stereocenters. The van der Waals surface area contributed by atoms with Crippen LogP contribution in [0.5, 0.6) is 0 Å². The lowest BCUT2D eigenvalue weighted by Gasteiger charge is -2.34. The van der Waals surface area contributed by atoms with Gasteiger partial charge in [0, 0.05) is 11.5 Å². The van der Waals surface area contributed by atoms with Crippen molar-refractivity contribution in [1.82, 2.24) is 0 Å². The van der Waals surface area contributed by atoms with E-state index in [1.807, 2.05) is 37.3 Å². The fourth-order valence-electron chi connectivity index (χ4n) is 3.76. The van der Waals surface area contributed by atoms with Crippen molar-refractivity contribution in [3.8, 4) is 0 Å². The molecule has 1 aromatic rings. The minimum Gasteiger partial charge on any atom is -0.425 e. The molecule has 0 aliphatic heterocycles. The Balaban J connectivity index is 1.96. The summed E-state index contributed by atoms with van der Waals surface area (Å²) in [6.45, 7) is 12.8. The Bertz CT molecular complexity index is 879. The molecule has 133 valence electrons. The van der Waals surface area contributed by atoms with Crippen molar-refractivity contribution < 1.29 is 14.0 Å². The lowest BCUT2D eigenvalue weighted by molar-refractivity contribution is 0.310. The van der Waals surface area contributed by atoms with Crippen LogP contribution in [0.1, 0.15) is 38.8 Å². The highest BCUT2D eigenvalue weighted by Crippen LogP contribution is 2.64. The number of fused-ring (bicyclic) bond motifs is 1. The van der Waals surface area contributed by atoms with Crippen LogP contribution in [0.15, 0.2) is 52.1 Å². The first-order chi connectivity index (χ1) is 11.6. The monoisotopic (exact) mass is 373 g/mol. The second-order valence-electron chi connectivity index (χ2n) is 7.45. The second-order valence-corrected chi connectivity index (χ2v) is 12.2. The summed E-state index contributed by atoms with van der Waals surface area (Å²) in [7, 11) is -4.70. The molecule has 0 fully saturated rings. The molecule has 3 nitrogen and oxygen atoms in total. The van der Waals surface area contributed by atoms with Crippen LogP contribution in [0.4, 0.5) is 0 Å². The van der Waals surface area contributed by atoms with Crippen LogP contribution in [0.25, 0.3) is 6.08 Å². The molecule has 0 bridgehead atoms. The van der Waals surface area contributed by atoms with Crippen molar-refractivity contribution in [2.75, 3.05) is 0 Å². The first-order valence-corrected chi connectivity index (χ1v) is 12.7. The molecule has 5 heteroatoms. The summed E-state index contributed by atoms with van der Waals surface area (Å²) in [6.07, 6.45) is 2.30. The van der Waals surface area contributed by atoms with Gasteiger partial charge in [0.15, 0.2) is 0 Å². The van der Waals surface area contributed by atoms with E-state index >= 15 is 0 Å². The summed E-state index contributed by atoms with van der Waals surface area (Å²) in [5.41, 5.74) is 5.56. The zero-order chi connectivity index (χ0) is 18.6. The predicted octanol–water partition coefficient (Wildman–Crippen LogP) is 5.92. The Morgan fingerprint density at radius 1 is 1.16 bits per heavy atom. The van der Waals surface area contributed by atoms with Crippen LogP contribution in [0, 0.1) is 0 Å². The Labute approximate surface area is 152 Å². The summed E-state index contributed by atoms with van der Waals surface area (Å²) < 4.78 is 19.1. The maximum atomic E-state index is 13.1. The van der Waals surface area contributed by atoms with Crippen LogP contribution in [0.3, 0.4) is 0 Å². The summed E-state index contributed by atoms with van der Waals surface area (Å²) >= 11 is 0. The van der Waals surface area contributed by atoms with Gasteiger partial charge in [-0.05, 0) is 49.1 Å². The lowest BCUT2D eigenvalue weighted by atomic mass is 10.0. The van der Waals surface area contributed by atoms with Gasteiger partial charge in [-0.1, -0.05) is 49.9 Å². The van der Waals surface area contributed by atoms with E-state index in [9.17, 15) is 9.46 Å². The number of allylic oxidation sites excluding steroid dienone is 4. The minimum absolute atomic E-state index is 0.247. The van der Waals surface area contributed by atoms with Gasteiger partial charge in [0.25, 0.3) is 0 Å². The predicted molar refractivity (Wildman–Crippen MR) is 106 cm³/mol. The third-order valence-electron chi connectivity index (χ3n) is 6.00. The first-order valence-electron chi connectivity index (χ1n) is 8.60. The van der Waals surface area contributed by atoms with E-state index in [2.05, 4.69) is 33.9 Å². The molecule has 0 heterocycles. The quantitative estimate of drug-likeness (QED) is 0.526. The highest BCUT2D eigenvalue weighted by molar-refractivity contribution is 7.57. The number of rotatable bonds is 4. The zero-order valence-corrected chi connectivity index (χ0v) is 17.7. The average molecular weight is 373 g/mol. The van der Waals surface area contributed by atoms with E-state index < -0.39 is 16.4 Å². The molecule has 1 N–H and O–H groups in total. The fraction of sp³-hybridized carbons (Fsp3) is 0.400. The number of benzene rings is 1. The molecule has 2 aliphatic carbocycles. The molecule has 0 amide bonds. The molecular weight excluding hydrogens is 347 g/mol. The number of hydrogen-bond donors (Lipinski definition) is 1. The van der Waals surface area contributed by atoms with Gasteiger partial charge in [-0.15, -0.1) is 0 Å². The van der Waals surface area contributed by atoms with Crippen molar-refractivity contribution in [3.63, 3.8) is 0 Å². The molecule has 1 radical (unpaired) electrons. The third kappa shape index (κ3) is 2.81. The van der Waals surface area contributed by atoms with Crippen LogP contribution < -0.4 is 0 Å². The normalized spacial score (nSPS) is 25.4. The van der Waals surface area contributed by atoms with Gasteiger partial charge in [-0.25, -0.2) is 4.57 Å². The first kappa shape index (κ1) is 18.4. The standard InChI is InChI=1S/C20H26O3PSi/c1-13-14(2)19(20(4,15(13)3)25(5)6)23-24(21,22)18-11-16-9-7-8-10-17(16)12-18/h7-11H,12H2,1-6H3,(H,21,22). The van der Waals surface area contributed by atoms with Gasteiger partial charge < -0.3 is 9.42 Å². The summed E-state index contributed by atoms with van der Waals surface area (Å²) in [5, 5.41) is 0.239. The highest BCUT2D eigenvalue weighted by Gasteiger charge is 2.46. The van der Waals surface area contributed by atoms with Gasteiger partial charge >= 0.3 is 7.60 Å². The van der Waals surface area contributed by atoms with E-state index in [0.29, 0.717) is 17.5 Å². The Morgan fingerprint density at radius 3 is 2.40 bits per heavy atom. The fourth-order valence-corrected chi connectivity index (χ4v) is 6.83. The van der Waals surface area contributed by atoms with Crippen LogP contribution in [0.2, 0.25) is 18.1 Å². The van der Waals surface area contributed by atoms with Gasteiger partial charge in [0.2, 0.25) is 0 Å². The van der Waals surface area contributed by atoms with Gasteiger partial charge in [0.1, 0.15) is 5.76 Å². The smallest absolute Gasteiger partial charge is 0.404 e. The van der Waals surface area contributed by atoms with Crippen molar-refractivity contribution in [2.24, 2.45) is 0 Å². The van der Waals surface area contributed by atoms with Crippen molar-refractivity contribution in [3.05, 3.63) is 63.2 Å². The molecule has 1 aromatic carbocycles. The van der Waals surface area contributed by atoms with Gasteiger partial charge in [-0.3, -0.25) is 0 Å².